The molecular formula is C25H28Cl2FN3O6. The van der Waals surface area contributed by atoms with Gasteiger partial charge in [0.15, 0.2) is 11.9 Å². The second-order valence-electron chi connectivity index (χ2n) is 9.01. The molecule has 200 valence electrons. The Labute approximate surface area is 224 Å². The van der Waals surface area contributed by atoms with Gasteiger partial charge in [0.1, 0.15) is 23.7 Å². The normalized spacial score (nSPS) is 18.2. The van der Waals surface area contributed by atoms with Crippen molar-refractivity contribution in [1.29, 1.82) is 0 Å². The predicted octanol–water partition coefficient (Wildman–Crippen LogP) is 3.12. The standard InChI is InChI=1S/C25H27ClFN3O6.ClH/c1-12(28)23(33)29-11-20(32)35-22-21(30-24(34)15-5-7-18(27)17(26)10-15)16-9-14(13(2)31)6-8-19(16)36-25(22,3)4;/h5-10,12,21-22H,11,28H2,1-4H3,(H,29,33)(H,30,34);1H/t12-,21+,22-;/m0./s1. The van der Waals surface area contributed by atoms with Crippen LogP contribution in [-0.2, 0) is 14.3 Å². The lowest BCUT2D eigenvalue weighted by atomic mass is 9.85. The number of carbonyl (C=O) groups excluding carboxylic acids is 4. The highest BCUT2D eigenvalue weighted by Crippen LogP contribution is 2.42. The average Bonchev–Trinajstić information content (AvgIpc) is 2.80. The fourth-order valence-corrected chi connectivity index (χ4v) is 3.92. The van der Waals surface area contributed by atoms with Gasteiger partial charge in [-0.05, 0) is 64.1 Å². The number of fused-ring (bicyclic) bond motifs is 1. The monoisotopic (exact) mass is 555 g/mol. The lowest BCUT2D eigenvalue weighted by Crippen LogP contribution is -2.56. The zero-order valence-corrected chi connectivity index (χ0v) is 22.2. The van der Waals surface area contributed by atoms with Crippen LogP contribution in [0.25, 0.3) is 0 Å². The first-order valence-electron chi connectivity index (χ1n) is 11.1. The van der Waals surface area contributed by atoms with Crippen LogP contribution >= 0.6 is 24.0 Å². The maximum Gasteiger partial charge on any atom is 0.325 e. The van der Waals surface area contributed by atoms with E-state index < -0.39 is 53.9 Å². The van der Waals surface area contributed by atoms with Crippen molar-refractivity contribution in [1.82, 2.24) is 10.6 Å². The van der Waals surface area contributed by atoms with E-state index in [1.54, 1.807) is 32.0 Å². The summed E-state index contributed by atoms with van der Waals surface area (Å²) in [4.78, 5) is 49.5. The highest BCUT2D eigenvalue weighted by atomic mass is 35.5. The van der Waals surface area contributed by atoms with Crippen LogP contribution in [0.15, 0.2) is 36.4 Å². The van der Waals surface area contributed by atoms with Gasteiger partial charge in [0.2, 0.25) is 5.91 Å². The topological polar surface area (TPSA) is 137 Å². The number of ketones is 1. The minimum atomic E-state index is -1.13. The number of halogens is 3. The third-order valence-electron chi connectivity index (χ3n) is 5.66. The highest BCUT2D eigenvalue weighted by Gasteiger charge is 2.47. The van der Waals surface area contributed by atoms with Crippen molar-refractivity contribution in [3.05, 3.63) is 63.9 Å². The molecule has 1 aliphatic heterocycles. The van der Waals surface area contributed by atoms with Gasteiger partial charge >= 0.3 is 5.97 Å². The molecule has 0 radical (unpaired) electrons. The largest absolute Gasteiger partial charge is 0.484 e. The summed E-state index contributed by atoms with van der Waals surface area (Å²) in [6, 6.07) is 6.45. The summed E-state index contributed by atoms with van der Waals surface area (Å²) < 4.78 is 25.4. The van der Waals surface area contributed by atoms with Crippen LogP contribution in [0.1, 0.15) is 60.0 Å². The number of nitrogens with two attached hydrogens (primary N) is 1. The van der Waals surface area contributed by atoms with Crippen molar-refractivity contribution < 1.29 is 33.0 Å². The molecule has 0 aliphatic carbocycles. The van der Waals surface area contributed by atoms with Gasteiger partial charge < -0.3 is 25.8 Å². The predicted molar refractivity (Wildman–Crippen MR) is 137 cm³/mol. The number of nitrogens with one attached hydrogen (secondary N) is 2. The van der Waals surface area contributed by atoms with Gasteiger partial charge in [0, 0.05) is 16.7 Å². The Morgan fingerprint density at radius 2 is 1.81 bits per heavy atom. The zero-order chi connectivity index (χ0) is 26.8. The summed E-state index contributed by atoms with van der Waals surface area (Å²) in [6.45, 7) is 5.74. The molecule has 2 amide bonds. The number of carbonyl (C=O) groups is 4. The number of hydrogen-bond donors (Lipinski definition) is 3. The lowest BCUT2D eigenvalue weighted by Gasteiger charge is -2.44. The van der Waals surface area contributed by atoms with Crippen molar-refractivity contribution in [2.75, 3.05) is 6.54 Å². The Balaban J connectivity index is 0.00000481. The third-order valence-corrected chi connectivity index (χ3v) is 5.95. The number of benzene rings is 2. The second kappa shape index (κ2) is 11.9. The molecule has 9 nitrogen and oxygen atoms in total. The molecule has 37 heavy (non-hydrogen) atoms. The minimum absolute atomic E-state index is 0. The minimum Gasteiger partial charge on any atom is -0.484 e. The van der Waals surface area contributed by atoms with E-state index in [2.05, 4.69) is 10.6 Å². The molecule has 0 spiro atoms. The molecule has 0 unspecified atom stereocenters. The van der Waals surface area contributed by atoms with Crippen molar-refractivity contribution in [2.24, 2.45) is 5.73 Å². The van der Waals surface area contributed by atoms with E-state index in [4.69, 9.17) is 26.8 Å². The van der Waals surface area contributed by atoms with Crippen LogP contribution in [0.5, 0.6) is 5.75 Å². The highest BCUT2D eigenvalue weighted by molar-refractivity contribution is 6.31. The average molecular weight is 556 g/mol. The van der Waals surface area contributed by atoms with Gasteiger partial charge in [-0.15, -0.1) is 12.4 Å². The molecule has 0 saturated carbocycles. The maximum absolute atomic E-state index is 13.6. The van der Waals surface area contributed by atoms with Crippen molar-refractivity contribution in [2.45, 2.75) is 51.5 Å². The molecule has 12 heteroatoms. The van der Waals surface area contributed by atoms with E-state index in [1.807, 2.05) is 0 Å². The molecule has 2 aromatic rings. The second-order valence-corrected chi connectivity index (χ2v) is 9.42. The van der Waals surface area contributed by atoms with Crippen LogP contribution in [0.3, 0.4) is 0 Å². The van der Waals surface area contributed by atoms with Gasteiger partial charge in [0.25, 0.3) is 5.91 Å². The maximum atomic E-state index is 13.6. The summed E-state index contributed by atoms with van der Waals surface area (Å²) in [5, 5.41) is 4.94. The van der Waals surface area contributed by atoms with Gasteiger partial charge in [0.05, 0.1) is 17.1 Å². The molecule has 1 heterocycles. The summed E-state index contributed by atoms with van der Waals surface area (Å²) in [6.07, 6.45) is -1.08. The summed E-state index contributed by atoms with van der Waals surface area (Å²) in [7, 11) is 0. The lowest BCUT2D eigenvalue weighted by molar-refractivity contribution is -0.164. The van der Waals surface area contributed by atoms with Gasteiger partial charge in [-0.2, -0.15) is 0 Å². The van der Waals surface area contributed by atoms with Gasteiger partial charge in [-0.3, -0.25) is 19.2 Å². The summed E-state index contributed by atoms with van der Waals surface area (Å²) >= 11 is 5.84. The number of ether oxygens (including phenoxy) is 2. The van der Waals surface area contributed by atoms with Crippen molar-refractivity contribution >= 4 is 47.6 Å². The number of rotatable bonds is 7. The summed E-state index contributed by atoms with van der Waals surface area (Å²) in [5.74, 6) is -2.47. The Bertz CT molecular complexity index is 1220. The van der Waals surface area contributed by atoms with E-state index in [9.17, 15) is 23.6 Å². The summed E-state index contributed by atoms with van der Waals surface area (Å²) in [5.41, 5.74) is 5.20. The van der Waals surface area contributed by atoms with E-state index >= 15 is 0 Å². The van der Waals surface area contributed by atoms with Crippen molar-refractivity contribution in [3.8, 4) is 5.75 Å². The zero-order valence-electron chi connectivity index (χ0n) is 20.6. The molecule has 0 saturated heterocycles. The Morgan fingerprint density at radius 3 is 2.41 bits per heavy atom. The molecule has 4 N–H and O–H groups in total. The van der Waals surface area contributed by atoms with Crippen LogP contribution < -0.4 is 21.1 Å². The molecular weight excluding hydrogens is 528 g/mol. The molecule has 0 fully saturated rings. The molecule has 0 bridgehead atoms. The van der Waals surface area contributed by atoms with E-state index in [0.717, 1.165) is 6.07 Å². The number of amides is 2. The van der Waals surface area contributed by atoms with Gasteiger partial charge in [-0.1, -0.05) is 11.6 Å². The number of hydrogen-bond acceptors (Lipinski definition) is 7. The number of Topliss-reactive ketones (excluding diaryl/α,β-unsaturated/α-hetero) is 1. The molecule has 2 aromatic carbocycles. The molecule has 3 atom stereocenters. The third kappa shape index (κ3) is 6.97. The van der Waals surface area contributed by atoms with Crippen LogP contribution in [-0.4, -0.2) is 47.9 Å². The first-order valence-corrected chi connectivity index (χ1v) is 11.5. The first-order chi connectivity index (χ1) is 16.8. The molecule has 3 rings (SSSR count). The van der Waals surface area contributed by atoms with E-state index in [1.165, 1.54) is 26.0 Å². The van der Waals surface area contributed by atoms with Gasteiger partial charge in [-0.25, -0.2) is 4.39 Å². The van der Waals surface area contributed by atoms with E-state index in [0.29, 0.717) is 16.9 Å². The van der Waals surface area contributed by atoms with Crippen LogP contribution in [0, 0.1) is 5.82 Å². The fourth-order valence-electron chi connectivity index (χ4n) is 3.74. The fraction of sp³-hybridized carbons (Fsp3) is 0.360. The molecule has 0 aromatic heterocycles. The van der Waals surface area contributed by atoms with Crippen LogP contribution in [0.4, 0.5) is 4.39 Å². The number of esters is 1. The van der Waals surface area contributed by atoms with E-state index in [-0.39, 0.29) is 28.8 Å². The quantitative estimate of drug-likeness (QED) is 0.352. The molecule has 1 aliphatic rings. The smallest absolute Gasteiger partial charge is 0.325 e. The Hall–Kier alpha value is -3.21. The first kappa shape index (κ1) is 30.0. The SMILES string of the molecule is CC(=O)c1ccc2c(c1)[C@@H](NC(=O)c1ccc(F)c(Cl)c1)[C@H](OC(=O)CNC(=O)[C@H](C)N)C(C)(C)O2.Cl. The van der Waals surface area contributed by atoms with Crippen LogP contribution in [0.2, 0.25) is 5.02 Å². The van der Waals surface area contributed by atoms with Crippen molar-refractivity contribution in [3.63, 3.8) is 0 Å². The Kier molecular flexibility index (Phi) is 9.65. The Morgan fingerprint density at radius 1 is 1.16 bits per heavy atom.